The zero-order chi connectivity index (χ0) is 15.6. The number of nitro groups is 1. The van der Waals surface area contributed by atoms with Crippen LogP contribution in [0.3, 0.4) is 0 Å². The first-order valence-corrected chi connectivity index (χ1v) is 8.44. The summed E-state index contributed by atoms with van der Waals surface area (Å²) >= 11 is 5.78. The van der Waals surface area contributed by atoms with E-state index in [4.69, 9.17) is 11.6 Å². The van der Waals surface area contributed by atoms with Crippen molar-refractivity contribution >= 4 is 33.0 Å². The zero-order valence-electron chi connectivity index (χ0n) is 11.0. The van der Waals surface area contributed by atoms with Crippen LogP contribution in [0.5, 0.6) is 0 Å². The Kier molecular flexibility index (Phi) is 4.48. The molecule has 1 fully saturated rings. The molecule has 9 heteroatoms. The SMILES string of the molecule is O=C(c1cccc(Cl)c1[N+](=O)[O-])N1CCCS(=O)(=O)CC1. The first-order chi connectivity index (χ1) is 9.82. The smallest absolute Gasteiger partial charge is 0.300 e. The van der Waals surface area contributed by atoms with Gasteiger partial charge in [-0.05, 0) is 18.6 Å². The molecule has 0 aliphatic carbocycles. The van der Waals surface area contributed by atoms with Crippen molar-refractivity contribution < 1.29 is 18.1 Å². The van der Waals surface area contributed by atoms with Crippen LogP contribution in [0.1, 0.15) is 16.8 Å². The van der Waals surface area contributed by atoms with Crippen LogP contribution < -0.4 is 0 Å². The first kappa shape index (κ1) is 15.7. The van der Waals surface area contributed by atoms with E-state index in [1.165, 1.54) is 23.1 Å². The number of amides is 1. The van der Waals surface area contributed by atoms with Gasteiger partial charge in [-0.25, -0.2) is 8.42 Å². The van der Waals surface area contributed by atoms with Gasteiger partial charge in [0.25, 0.3) is 5.91 Å². The van der Waals surface area contributed by atoms with Crippen molar-refractivity contribution in [1.82, 2.24) is 4.90 Å². The highest BCUT2D eigenvalue weighted by molar-refractivity contribution is 7.91. The van der Waals surface area contributed by atoms with Gasteiger partial charge in [0.1, 0.15) is 10.6 Å². The summed E-state index contributed by atoms with van der Waals surface area (Å²) in [6.07, 6.45) is 0.322. The van der Waals surface area contributed by atoms with Crippen LogP contribution in [-0.2, 0) is 9.84 Å². The maximum Gasteiger partial charge on any atom is 0.300 e. The van der Waals surface area contributed by atoms with Crippen molar-refractivity contribution in [2.75, 3.05) is 24.6 Å². The van der Waals surface area contributed by atoms with Crippen molar-refractivity contribution in [3.8, 4) is 0 Å². The van der Waals surface area contributed by atoms with Gasteiger partial charge >= 0.3 is 5.69 Å². The molecular weight excluding hydrogens is 320 g/mol. The second-order valence-electron chi connectivity index (χ2n) is 4.69. The summed E-state index contributed by atoms with van der Waals surface area (Å²) in [4.78, 5) is 24.1. The van der Waals surface area contributed by atoms with Gasteiger partial charge in [0.15, 0.2) is 9.84 Å². The normalized spacial score (nSPS) is 18.0. The van der Waals surface area contributed by atoms with E-state index in [0.29, 0.717) is 6.42 Å². The lowest BCUT2D eigenvalue weighted by molar-refractivity contribution is -0.385. The second-order valence-corrected chi connectivity index (χ2v) is 7.40. The van der Waals surface area contributed by atoms with E-state index >= 15 is 0 Å². The summed E-state index contributed by atoms with van der Waals surface area (Å²) in [5.74, 6) is -0.678. The largest absolute Gasteiger partial charge is 0.337 e. The van der Waals surface area contributed by atoms with Gasteiger partial charge in [-0.3, -0.25) is 14.9 Å². The Hall–Kier alpha value is -1.67. The van der Waals surface area contributed by atoms with Gasteiger partial charge in [-0.1, -0.05) is 17.7 Å². The number of nitro benzene ring substituents is 1. The Morgan fingerprint density at radius 1 is 1.29 bits per heavy atom. The highest BCUT2D eigenvalue weighted by atomic mass is 35.5. The topological polar surface area (TPSA) is 97.6 Å². The number of hydrogen-bond donors (Lipinski definition) is 0. The first-order valence-electron chi connectivity index (χ1n) is 6.24. The fourth-order valence-electron chi connectivity index (χ4n) is 2.19. The number of rotatable bonds is 2. The number of para-hydroxylation sites is 1. The summed E-state index contributed by atoms with van der Waals surface area (Å²) in [6, 6.07) is 4.12. The Morgan fingerprint density at radius 2 is 2.00 bits per heavy atom. The van der Waals surface area contributed by atoms with Crippen LogP contribution in [0.4, 0.5) is 5.69 Å². The van der Waals surface area contributed by atoms with Gasteiger partial charge < -0.3 is 4.90 Å². The quantitative estimate of drug-likeness (QED) is 0.604. The Labute approximate surface area is 126 Å². The highest BCUT2D eigenvalue weighted by Crippen LogP contribution is 2.29. The van der Waals surface area contributed by atoms with Gasteiger partial charge in [-0.15, -0.1) is 0 Å². The van der Waals surface area contributed by atoms with Crippen LogP contribution >= 0.6 is 11.6 Å². The molecule has 0 saturated carbocycles. The maximum absolute atomic E-state index is 12.4. The maximum atomic E-state index is 12.4. The van der Waals surface area contributed by atoms with E-state index in [-0.39, 0.29) is 35.2 Å². The minimum atomic E-state index is -3.16. The van der Waals surface area contributed by atoms with Crippen molar-refractivity contribution in [2.45, 2.75) is 6.42 Å². The third-order valence-corrected chi connectivity index (χ3v) is 5.26. The number of benzene rings is 1. The minimum Gasteiger partial charge on any atom is -0.337 e. The molecule has 114 valence electrons. The molecule has 0 radical (unpaired) electrons. The van der Waals surface area contributed by atoms with E-state index in [2.05, 4.69) is 0 Å². The van der Waals surface area contributed by atoms with E-state index in [1.54, 1.807) is 0 Å². The number of carbonyl (C=O) groups excluding carboxylic acids is 1. The van der Waals surface area contributed by atoms with Crippen LogP contribution in [0.15, 0.2) is 18.2 Å². The van der Waals surface area contributed by atoms with E-state index in [0.717, 1.165) is 0 Å². The Bertz CT molecular complexity index is 689. The van der Waals surface area contributed by atoms with E-state index < -0.39 is 26.4 Å². The number of carbonyl (C=O) groups is 1. The minimum absolute atomic E-state index is 0.0222. The third-order valence-electron chi connectivity index (χ3n) is 3.24. The molecule has 0 N–H and O–H groups in total. The molecule has 1 aliphatic rings. The average Bonchev–Trinajstić information content (AvgIpc) is 2.58. The summed E-state index contributed by atoms with van der Waals surface area (Å²) in [6.45, 7) is 0.284. The number of nitrogens with zero attached hydrogens (tertiary/aromatic N) is 2. The number of hydrogen-bond acceptors (Lipinski definition) is 5. The molecule has 0 bridgehead atoms. The van der Waals surface area contributed by atoms with Crippen LogP contribution in [0.25, 0.3) is 0 Å². The number of sulfone groups is 1. The zero-order valence-corrected chi connectivity index (χ0v) is 12.6. The van der Waals surface area contributed by atoms with E-state index in [9.17, 15) is 23.3 Å². The van der Waals surface area contributed by atoms with Gasteiger partial charge in [-0.2, -0.15) is 0 Å². The molecule has 2 rings (SSSR count). The lowest BCUT2D eigenvalue weighted by Crippen LogP contribution is -2.34. The monoisotopic (exact) mass is 332 g/mol. The molecule has 1 heterocycles. The van der Waals surface area contributed by atoms with E-state index in [1.807, 2.05) is 0 Å². The molecular formula is C12H13ClN2O5S. The molecule has 21 heavy (non-hydrogen) atoms. The van der Waals surface area contributed by atoms with Gasteiger partial charge in [0, 0.05) is 13.1 Å². The molecule has 0 unspecified atom stereocenters. The standard InChI is InChI=1S/C12H13ClN2O5S/c13-10-4-1-3-9(11(10)15(17)18)12(16)14-5-2-7-21(19,20)8-6-14/h1,3-4H,2,5-8H2. The molecule has 1 amide bonds. The van der Waals surface area contributed by atoms with Crippen molar-refractivity contribution in [2.24, 2.45) is 0 Å². The fraction of sp³-hybridized carbons (Fsp3) is 0.417. The van der Waals surface area contributed by atoms with Gasteiger partial charge in [0.2, 0.25) is 0 Å². The molecule has 0 spiro atoms. The molecule has 7 nitrogen and oxygen atoms in total. The van der Waals surface area contributed by atoms with Gasteiger partial charge in [0.05, 0.1) is 16.4 Å². The van der Waals surface area contributed by atoms with Crippen LogP contribution in [0.2, 0.25) is 5.02 Å². The summed E-state index contributed by atoms with van der Waals surface area (Å²) < 4.78 is 23.1. The lowest BCUT2D eigenvalue weighted by atomic mass is 10.1. The summed E-state index contributed by atoms with van der Waals surface area (Å²) in [7, 11) is -3.16. The Balaban J connectivity index is 2.33. The summed E-state index contributed by atoms with van der Waals surface area (Å²) in [5, 5.41) is 10.9. The van der Waals surface area contributed by atoms with Crippen molar-refractivity contribution in [3.63, 3.8) is 0 Å². The summed E-state index contributed by atoms with van der Waals surface area (Å²) in [5.41, 5.74) is -0.567. The molecule has 1 aromatic carbocycles. The fourth-order valence-corrected chi connectivity index (χ4v) is 3.70. The molecule has 0 aromatic heterocycles. The average molecular weight is 333 g/mol. The number of halogens is 1. The van der Waals surface area contributed by atoms with Crippen molar-refractivity contribution in [3.05, 3.63) is 38.9 Å². The third kappa shape index (κ3) is 3.51. The second kappa shape index (κ2) is 5.98. The lowest BCUT2D eigenvalue weighted by Gasteiger charge is -2.19. The highest BCUT2D eigenvalue weighted by Gasteiger charge is 2.29. The van der Waals surface area contributed by atoms with Crippen LogP contribution in [-0.4, -0.2) is 48.7 Å². The Morgan fingerprint density at radius 3 is 2.67 bits per heavy atom. The van der Waals surface area contributed by atoms with Crippen LogP contribution in [0, 0.1) is 10.1 Å². The molecule has 1 saturated heterocycles. The predicted molar refractivity (Wildman–Crippen MR) is 77.3 cm³/mol. The molecule has 1 aromatic rings. The molecule has 1 aliphatic heterocycles. The molecule has 0 atom stereocenters. The van der Waals surface area contributed by atoms with Crippen molar-refractivity contribution in [1.29, 1.82) is 0 Å². The predicted octanol–water partition coefficient (Wildman–Crippen LogP) is 1.51.